The van der Waals surface area contributed by atoms with Crippen LogP contribution in [0, 0.1) is 0 Å². The molecule has 70 valence electrons. The smallest absolute Gasteiger partial charge is 0.00145 e. The summed E-state index contributed by atoms with van der Waals surface area (Å²) < 4.78 is 0. The summed E-state index contributed by atoms with van der Waals surface area (Å²) in [4.78, 5) is 0. The Kier molecular flexibility index (Phi) is 51.3. The predicted octanol–water partition coefficient (Wildman–Crippen LogP) is 3.22. The van der Waals surface area contributed by atoms with Crippen molar-refractivity contribution in [3.05, 3.63) is 12.7 Å². The highest BCUT2D eigenvalue weighted by atomic mass is 14.8. The quantitative estimate of drug-likeness (QED) is 0.490. The lowest BCUT2D eigenvalue weighted by Crippen LogP contribution is -2.12. The van der Waals surface area contributed by atoms with Gasteiger partial charge in [0.25, 0.3) is 0 Å². The number of hydrogen-bond donors (Lipinski definition) is 1. The van der Waals surface area contributed by atoms with Crippen molar-refractivity contribution in [2.24, 2.45) is 0 Å². The number of rotatable bonds is 4. The van der Waals surface area contributed by atoms with Crippen molar-refractivity contribution in [3.8, 4) is 0 Å². The second-order valence-electron chi connectivity index (χ2n) is 1.43. The first-order chi connectivity index (χ1) is 5.41. The van der Waals surface area contributed by atoms with E-state index in [0.29, 0.717) is 0 Å². The van der Waals surface area contributed by atoms with Gasteiger partial charge in [-0.25, -0.2) is 0 Å². The van der Waals surface area contributed by atoms with Gasteiger partial charge in [0.2, 0.25) is 0 Å². The zero-order valence-electron chi connectivity index (χ0n) is 8.91. The fourth-order valence-corrected chi connectivity index (χ4v) is 0.381. The summed E-state index contributed by atoms with van der Waals surface area (Å²) in [6.07, 6.45) is 3.00. The Hall–Kier alpha value is -0.300. The van der Waals surface area contributed by atoms with Gasteiger partial charge in [0.15, 0.2) is 0 Å². The van der Waals surface area contributed by atoms with Gasteiger partial charge < -0.3 is 5.32 Å². The lowest BCUT2D eigenvalue weighted by molar-refractivity contribution is 0.727. The lowest BCUT2D eigenvalue weighted by Gasteiger charge is -1.92. The predicted molar refractivity (Wildman–Crippen MR) is 56.1 cm³/mol. The highest BCUT2D eigenvalue weighted by molar-refractivity contribution is 4.66. The minimum atomic E-state index is 1.06. The molecule has 0 aliphatic heterocycles. The van der Waals surface area contributed by atoms with Crippen LogP contribution >= 0.6 is 0 Å². The molecule has 0 aromatic rings. The van der Waals surface area contributed by atoms with E-state index < -0.39 is 0 Å². The zero-order chi connectivity index (χ0) is 9.54. The van der Waals surface area contributed by atoms with Crippen LogP contribution in [0.15, 0.2) is 12.7 Å². The molecule has 0 unspecified atom stereocenters. The van der Waals surface area contributed by atoms with Crippen LogP contribution in [0.25, 0.3) is 0 Å². The van der Waals surface area contributed by atoms with Gasteiger partial charge in [0.05, 0.1) is 0 Å². The molecule has 0 atom stereocenters. The van der Waals surface area contributed by atoms with E-state index in [1.807, 2.05) is 33.8 Å². The van der Waals surface area contributed by atoms with Gasteiger partial charge in [0.1, 0.15) is 0 Å². The SMILES string of the molecule is C=CCCNCC.CC.CC. The van der Waals surface area contributed by atoms with Crippen LogP contribution in [0.1, 0.15) is 41.0 Å². The van der Waals surface area contributed by atoms with Crippen molar-refractivity contribution in [1.82, 2.24) is 5.32 Å². The van der Waals surface area contributed by atoms with Gasteiger partial charge >= 0.3 is 0 Å². The van der Waals surface area contributed by atoms with E-state index in [-0.39, 0.29) is 0 Å². The molecule has 1 heteroatoms. The Balaban J connectivity index is -0.000000138. The first kappa shape index (κ1) is 17.0. The molecular weight excluding hydrogens is 134 g/mol. The van der Waals surface area contributed by atoms with Crippen molar-refractivity contribution in [1.29, 1.82) is 0 Å². The molecule has 0 radical (unpaired) electrons. The highest BCUT2D eigenvalue weighted by Gasteiger charge is 1.74. The van der Waals surface area contributed by atoms with Gasteiger partial charge in [-0.15, -0.1) is 6.58 Å². The normalized spacial score (nSPS) is 6.64. The van der Waals surface area contributed by atoms with Gasteiger partial charge in [-0.2, -0.15) is 0 Å². The summed E-state index contributed by atoms with van der Waals surface area (Å²) in [6, 6.07) is 0. The van der Waals surface area contributed by atoms with E-state index in [1.165, 1.54) is 0 Å². The van der Waals surface area contributed by atoms with E-state index >= 15 is 0 Å². The average molecular weight is 159 g/mol. The van der Waals surface area contributed by atoms with Crippen LogP contribution < -0.4 is 5.32 Å². The fraction of sp³-hybridized carbons (Fsp3) is 0.800. The second-order valence-corrected chi connectivity index (χ2v) is 1.43. The summed E-state index contributed by atoms with van der Waals surface area (Å²) in [7, 11) is 0. The molecule has 0 aromatic heterocycles. The van der Waals surface area contributed by atoms with E-state index in [9.17, 15) is 0 Å². The minimum Gasteiger partial charge on any atom is -0.317 e. The molecule has 0 heterocycles. The van der Waals surface area contributed by atoms with Crippen LogP contribution in [0.4, 0.5) is 0 Å². The molecule has 0 amide bonds. The molecule has 0 saturated carbocycles. The Morgan fingerprint density at radius 3 is 1.91 bits per heavy atom. The number of hydrogen-bond acceptors (Lipinski definition) is 1. The molecule has 0 rings (SSSR count). The van der Waals surface area contributed by atoms with E-state index in [1.54, 1.807) is 0 Å². The maximum absolute atomic E-state index is 3.59. The van der Waals surface area contributed by atoms with Gasteiger partial charge in [0, 0.05) is 0 Å². The lowest BCUT2D eigenvalue weighted by atomic mass is 10.4. The molecule has 0 aliphatic rings. The Labute approximate surface area is 72.9 Å². The molecule has 0 aliphatic carbocycles. The van der Waals surface area contributed by atoms with Crippen LogP contribution in [0.2, 0.25) is 0 Å². The minimum absolute atomic E-state index is 1.06. The van der Waals surface area contributed by atoms with Crippen LogP contribution in [0.3, 0.4) is 0 Å². The van der Waals surface area contributed by atoms with Gasteiger partial charge in [-0.1, -0.05) is 40.7 Å². The third-order valence-corrected chi connectivity index (χ3v) is 0.775. The molecule has 0 aromatic carbocycles. The molecule has 1 nitrogen and oxygen atoms in total. The number of nitrogens with one attached hydrogen (secondary N) is 1. The zero-order valence-corrected chi connectivity index (χ0v) is 8.91. The van der Waals surface area contributed by atoms with E-state index in [2.05, 4.69) is 18.8 Å². The Morgan fingerprint density at radius 1 is 1.18 bits per heavy atom. The average Bonchev–Trinajstić information content (AvgIpc) is 2.13. The Bertz CT molecular complexity index is 42.1. The monoisotopic (exact) mass is 159 g/mol. The maximum Gasteiger partial charge on any atom is -0.00145 e. The maximum atomic E-state index is 3.59. The van der Waals surface area contributed by atoms with Gasteiger partial charge in [-0.05, 0) is 19.5 Å². The largest absolute Gasteiger partial charge is 0.317 e. The van der Waals surface area contributed by atoms with Crippen molar-refractivity contribution >= 4 is 0 Å². The van der Waals surface area contributed by atoms with Crippen molar-refractivity contribution < 1.29 is 0 Å². The molecule has 0 spiro atoms. The van der Waals surface area contributed by atoms with E-state index in [4.69, 9.17) is 0 Å². The van der Waals surface area contributed by atoms with Crippen molar-refractivity contribution in [3.63, 3.8) is 0 Å². The van der Waals surface area contributed by atoms with Gasteiger partial charge in [-0.3, -0.25) is 0 Å². The van der Waals surface area contributed by atoms with E-state index in [0.717, 1.165) is 19.5 Å². The summed E-state index contributed by atoms with van der Waals surface area (Å²) in [5, 5.41) is 3.18. The molecule has 1 N–H and O–H groups in total. The Morgan fingerprint density at radius 2 is 1.64 bits per heavy atom. The molecular formula is C10H25N. The van der Waals surface area contributed by atoms with Crippen LogP contribution in [-0.4, -0.2) is 13.1 Å². The first-order valence-electron chi connectivity index (χ1n) is 4.73. The van der Waals surface area contributed by atoms with Crippen LogP contribution in [-0.2, 0) is 0 Å². The van der Waals surface area contributed by atoms with Crippen molar-refractivity contribution in [2.45, 2.75) is 41.0 Å². The molecule has 0 bridgehead atoms. The summed E-state index contributed by atoms with van der Waals surface area (Å²) in [6.45, 7) is 15.8. The molecule has 11 heavy (non-hydrogen) atoms. The molecule has 0 saturated heterocycles. The standard InChI is InChI=1S/C6H13N.2C2H6/c1-3-5-6-7-4-2;2*1-2/h3,7H,1,4-6H2,2H3;2*1-2H3. The third-order valence-electron chi connectivity index (χ3n) is 0.775. The summed E-state index contributed by atoms with van der Waals surface area (Å²) in [5.41, 5.74) is 0. The fourth-order valence-electron chi connectivity index (χ4n) is 0.381. The third kappa shape index (κ3) is 42.0. The second kappa shape index (κ2) is 33.2. The van der Waals surface area contributed by atoms with Crippen molar-refractivity contribution in [2.75, 3.05) is 13.1 Å². The molecule has 0 fully saturated rings. The first-order valence-corrected chi connectivity index (χ1v) is 4.73. The highest BCUT2D eigenvalue weighted by Crippen LogP contribution is 1.72. The summed E-state index contributed by atoms with van der Waals surface area (Å²) >= 11 is 0. The topological polar surface area (TPSA) is 12.0 Å². The summed E-state index contributed by atoms with van der Waals surface area (Å²) in [5.74, 6) is 0. The van der Waals surface area contributed by atoms with Crippen LogP contribution in [0.5, 0.6) is 0 Å².